The molecule has 1 fully saturated rings. The molecule has 0 radical (unpaired) electrons. The zero-order valence-electron chi connectivity index (χ0n) is 30.3. The van der Waals surface area contributed by atoms with E-state index in [1.54, 1.807) is 65.8 Å². The van der Waals surface area contributed by atoms with Gasteiger partial charge in [0.15, 0.2) is 9.84 Å². The third-order valence-corrected chi connectivity index (χ3v) is 12.7. The van der Waals surface area contributed by atoms with Crippen molar-refractivity contribution < 1.29 is 36.3 Å². The van der Waals surface area contributed by atoms with E-state index < -0.39 is 80.4 Å². The summed E-state index contributed by atoms with van der Waals surface area (Å²) in [5.41, 5.74) is 1.55. The van der Waals surface area contributed by atoms with Gasteiger partial charge < -0.3 is 15.7 Å². The molecule has 51 heavy (non-hydrogen) atoms. The molecule has 0 spiro atoms. The van der Waals surface area contributed by atoms with Crippen LogP contribution in [-0.2, 0) is 32.3 Å². The molecule has 1 saturated heterocycles. The van der Waals surface area contributed by atoms with Crippen molar-refractivity contribution in [3.8, 4) is 0 Å². The second-order valence-electron chi connectivity index (χ2n) is 15.2. The monoisotopic (exact) mass is 731 g/mol. The summed E-state index contributed by atoms with van der Waals surface area (Å²) in [6, 6.07) is 18.1. The summed E-state index contributed by atoms with van der Waals surface area (Å²) >= 11 is 0. The van der Waals surface area contributed by atoms with Gasteiger partial charge in [-0.2, -0.15) is 13.2 Å². The summed E-state index contributed by atoms with van der Waals surface area (Å²) in [6.45, 7) is 9.60. The average Bonchev–Trinajstić information content (AvgIpc) is 3.42. The first kappa shape index (κ1) is 40.3. The molecule has 0 aromatic heterocycles. The Bertz CT molecular complexity index is 1740. The van der Waals surface area contributed by atoms with E-state index in [4.69, 9.17) is 0 Å². The largest absolute Gasteiger partial charge is 0.404 e. The SMILES string of the molecule is CC(C)[C@H](NC(=O)[C@H](Cc1cccc2ccccc12)CS(=O)(=O)C(C)(C)C)C(=O)N[C@@H](Cc1ccccc1)[C@@H](O)CN1[C@H](C)CC[C@H]1C(F)(F)F. The van der Waals surface area contributed by atoms with Crippen LogP contribution in [0.15, 0.2) is 72.8 Å². The van der Waals surface area contributed by atoms with Gasteiger partial charge in [-0.25, -0.2) is 8.42 Å². The number of nitrogens with one attached hydrogen (secondary N) is 2. The van der Waals surface area contributed by atoms with Crippen LogP contribution >= 0.6 is 0 Å². The van der Waals surface area contributed by atoms with E-state index in [1.165, 1.54) is 4.90 Å². The van der Waals surface area contributed by atoms with Crippen LogP contribution in [0, 0.1) is 11.8 Å². The van der Waals surface area contributed by atoms with Crippen molar-refractivity contribution in [3.63, 3.8) is 0 Å². The van der Waals surface area contributed by atoms with Gasteiger partial charge in [-0.3, -0.25) is 14.5 Å². The number of carbonyl (C=O) groups excluding carboxylic acids is 2. The standard InChI is InChI=1S/C39H52F3N3O5S/c1-25(2)35(44-36(47)30(24-51(49,50)38(4,5)6)22-29-17-12-16-28-15-10-11-18-31(28)29)37(48)43-32(21-27-13-8-7-9-14-27)33(46)23-45-26(3)19-20-34(45)39(40,41)42/h7-18,25-26,30,32-35,46H,19-24H2,1-6H3,(H,43,48)(H,44,47)/t26-,30-,32+,33+,34+,35+/m1/s1. The number of halogens is 3. The Morgan fingerprint density at radius 3 is 2.14 bits per heavy atom. The number of likely N-dealkylation sites (tertiary alicyclic amines) is 1. The number of fused-ring (bicyclic) bond motifs is 1. The number of aliphatic hydroxyl groups is 1. The van der Waals surface area contributed by atoms with Gasteiger partial charge in [-0.1, -0.05) is 86.6 Å². The molecule has 3 N–H and O–H groups in total. The zero-order chi connectivity index (χ0) is 37.7. The zero-order valence-corrected chi connectivity index (χ0v) is 31.1. The topological polar surface area (TPSA) is 116 Å². The highest BCUT2D eigenvalue weighted by Gasteiger charge is 2.49. The molecule has 6 atom stereocenters. The van der Waals surface area contributed by atoms with Crippen LogP contribution in [-0.4, -0.2) is 83.7 Å². The molecule has 3 aromatic rings. The van der Waals surface area contributed by atoms with Gasteiger partial charge in [0, 0.05) is 12.6 Å². The maximum Gasteiger partial charge on any atom is 0.404 e. The quantitative estimate of drug-likeness (QED) is 0.192. The van der Waals surface area contributed by atoms with E-state index in [9.17, 15) is 36.3 Å². The van der Waals surface area contributed by atoms with Crippen molar-refractivity contribution in [1.82, 2.24) is 15.5 Å². The maximum atomic E-state index is 14.1. The van der Waals surface area contributed by atoms with Crippen LogP contribution < -0.4 is 10.6 Å². The molecule has 0 aliphatic carbocycles. The summed E-state index contributed by atoms with van der Waals surface area (Å²) in [6.07, 6.45) is -5.31. The van der Waals surface area contributed by atoms with Gasteiger partial charge in [0.2, 0.25) is 11.8 Å². The predicted octanol–water partition coefficient (Wildman–Crippen LogP) is 5.86. The van der Waals surface area contributed by atoms with E-state index in [0.717, 1.165) is 21.9 Å². The van der Waals surface area contributed by atoms with Gasteiger partial charge in [0.1, 0.15) is 12.1 Å². The van der Waals surface area contributed by atoms with Gasteiger partial charge >= 0.3 is 6.18 Å². The lowest BCUT2D eigenvalue weighted by Gasteiger charge is -2.35. The molecule has 2 amide bonds. The molecule has 0 bridgehead atoms. The number of carbonyl (C=O) groups is 2. The Morgan fingerprint density at radius 1 is 0.882 bits per heavy atom. The second kappa shape index (κ2) is 16.5. The van der Waals surface area contributed by atoms with Crippen LogP contribution in [0.3, 0.4) is 0 Å². The van der Waals surface area contributed by atoms with E-state index in [-0.39, 0.29) is 25.8 Å². The Morgan fingerprint density at radius 2 is 1.51 bits per heavy atom. The molecule has 0 saturated carbocycles. The third kappa shape index (κ3) is 10.3. The normalized spacial score (nSPS) is 19.8. The van der Waals surface area contributed by atoms with Crippen molar-refractivity contribution in [3.05, 3.63) is 83.9 Å². The summed E-state index contributed by atoms with van der Waals surface area (Å²) in [7, 11) is -3.77. The van der Waals surface area contributed by atoms with Crippen LogP contribution in [0.1, 0.15) is 65.5 Å². The minimum Gasteiger partial charge on any atom is -0.390 e. The Hall–Kier alpha value is -3.48. The third-order valence-electron chi connectivity index (χ3n) is 10.0. The van der Waals surface area contributed by atoms with Gasteiger partial charge in [0.25, 0.3) is 0 Å². The van der Waals surface area contributed by atoms with Crippen molar-refractivity contribution in [2.45, 2.75) is 108 Å². The first-order chi connectivity index (χ1) is 23.8. The minimum absolute atomic E-state index is 0.0700. The first-order valence-electron chi connectivity index (χ1n) is 17.6. The number of alkyl halides is 3. The van der Waals surface area contributed by atoms with Gasteiger partial charge in [-0.15, -0.1) is 0 Å². The van der Waals surface area contributed by atoms with Crippen molar-refractivity contribution in [1.29, 1.82) is 0 Å². The van der Waals surface area contributed by atoms with Crippen molar-refractivity contribution >= 4 is 32.4 Å². The summed E-state index contributed by atoms with van der Waals surface area (Å²) < 4.78 is 67.4. The number of sulfone groups is 1. The van der Waals surface area contributed by atoms with Gasteiger partial charge in [-0.05, 0) is 81.2 Å². The number of amides is 2. The molecule has 0 unspecified atom stereocenters. The Kier molecular flexibility index (Phi) is 13.0. The number of rotatable bonds is 14. The van der Waals surface area contributed by atoms with Crippen molar-refractivity contribution in [2.75, 3.05) is 12.3 Å². The predicted molar refractivity (Wildman–Crippen MR) is 195 cm³/mol. The lowest BCUT2D eigenvalue weighted by molar-refractivity contribution is -0.182. The summed E-state index contributed by atoms with van der Waals surface area (Å²) in [5, 5.41) is 19.0. The highest BCUT2D eigenvalue weighted by Crippen LogP contribution is 2.36. The smallest absolute Gasteiger partial charge is 0.390 e. The molecule has 4 rings (SSSR count). The van der Waals surface area contributed by atoms with Crippen molar-refractivity contribution in [2.24, 2.45) is 11.8 Å². The average molecular weight is 732 g/mol. The molecule has 280 valence electrons. The summed E-state index contributed by atoms with van der Waals surface area (Å²) in [5.74, 6) is -3.15. The molecule has 12 heteroatoms. The van der Waals surface area contributed by atoms with E-state index in [2.05, 4.69) is 10.6 Å². The van der Waals surface area contributed by atoms with Crippen LogP contribution in [0.2, 0.25) is 0 Å². The highest BCUT2D eigenvalue weighted by molar-refractivity contribution is 7.92. The maximum absolute atomic E-state index is 14.1. The van der Waals surface area contributed by atoms with E-state index in [0.29, 0.717) is 6.42 Å². The molecule has 1 aliphatic rings. The molecule has 1 heterocycles. The van der Waals surface area contributed by atoms with Crippen LogP contribution in [0.25, 0.3) is 10.8 Å². The Labute approximate surface area is 300 Å². The number of hydrogen-bond acceptors (Lipinski definition) is 6. The van der Waals surface area contributed by atoms with Gasteiger partial charge in [0.05, 0.1) is 28.6 Å². The molecular formula is C39H52F3N3O5S. The number of β-amino-alcohol motifs (C(OH)–C–C–N with tert-alkyl or cyclic N) is 1. The number of hydrogen-bond donors (Lipinski definition) is 3. The number of nitrogens with zero attached hydrogens (tertiary/aromatic N) is 1. The second-order valence-corrected chi connectivity index (χ2v) is 18.0. The molecule has 8 nitrogen and oxygen atoms in total. The molecular weight excluding hydrogens is 680 g/mol. The minimum atomic E-state index is -4.46. The van der Waals surface area contributed by atoms with Crippen LogP contribution in [0.5, 0.6) is 0 Å². The highest BCUT2D eigenvalue weighted by atomic mass is 32.2. The van der Waals surface area contributed by atoms with Crippen LogP contribution in [0.4, 0.5) is 13.2 Å². The Balaban J connectivity index is 1.60. The summed E-state index contributed by atoms with van der Waals surface area (Å²) in [4.78, 5) is 29.4. The fraction of sp³-hybridized carbons (Fsp3) is 0.538. The number of benzene rings is 3. The lowest BCUT2D eigenvalue weighted by Crippen LogP contribution is -2.58. The van der Waals surface area contributed by atoms with E-state index in [1.807, 2.05) is 48.5 Å². The first-order valence-corrected chi connectivity index (χ1v) is 19.3. The number of aliphatic hydroxyl groups excluding tert-OH is 1. The molecule has 1 aliphatic heterocycles. The fourth-order valence-electron chi connectivity index (χ4n) is 6.75. The molecule has 3 aromatic carbocycles. The lowest BCUT2D eigenvalue weighted by atomic mass is 9.94. The van der Waals surface area contributed by atoms with E-state index >= 15 is 0 Å². The fourth-order valence-corrected chi connectivity index (χ4v) is 8.05.